The SMILES string of the molecule is NCC(=O)c1ccc(O)cc1. The Labute approximate surface area is 64.5 Å². The molecule has 0 fully saturated rings. The number of Topliss-reactive ketones (excluding diaryl/α,β-unsaturated/α-hetero) is 1. The largest absolute Gasteiger partial charge is 0.508 e. The van der Waals surface area contributed by atoms with E-state index in [1.54, 1.807) is 12.1 Å². The second kappa shape index (κ2) is 3.16. The minimum Gasteiger partial charge on any atom is -0.508 e. The summed E-state index contributed by atoms with van der Waals surface area (Å²) in [5.41, 5.74) is 5.66. The number of hydrogen-bond donors (Lipinski definition) is 2. The Bertz CT molecular complexity index is 253. The van der Waals surface area contributed by atoms with E-state index in [0.717, 1.165) is 0 Å². The van der Waals surface area contributed by atoms with E-state index in [4.69, 9.17) is 10.8 Å². The van der Waals surface area contributed by atoms with Crippen molar-refractivity contribution in [2.45, 2.75) is 0 Å². The standard InChI is InChI=1S/C8H9NO2/c9-5-8(11)6-1-3-7(10)4-2-6/h1-4,10H,5,9H2. The Morgan fingerprint density at radius 2 is 1.91 bits per heavy atom. The summed E-state index contributed by atoms with van der Waals surface area (Å²) in [6.07, 6.45) is 0. The van der Waals surface area contributed by atoms with E-state index in [1.165, 1.54) is 12.1 Å². The molecule has 0 bridgehead atoms. The first kappa shape index (κ1) is 7.75. The summed E-state index contributed by atoms with van der Waals surface area (Å²) in [6, 6.07) is 6.01. The first-order chi connectivity index (χ1) is 5.24. The molecule has 0 aromatic heterocycles. The molecular formula is C8H9NO2. The molecule has 1 aromatic rings. The van der Waals surface area contributed by atoms with E-state index in [-0.39, 0.29) is 18.1 Å². The molecule has 1 rings (SSSR count). The lowest BCUT2D eigenvalue weighted by atomic mass is 10.1. The third-order valence-electron chi connectivity index (χ3n) is 1.37. The molecule has 0 amide bonds. The summed E-state index contributed by atoms with van der Waals surface area (Å²) in [5, 5.41) is 8.87. The number of phenols is 1. The molecule has 0 aliphatic carbocycles. The monoisotopic (exact) mass is 151 g/mol. The molecule has 3 nitrogen and oxygen atoms in total. The van der Waals surface area contributed by atoms with Crippen molar-refractivity contribution in [3.05, 3.63) is 29.8 Å². The molecule has 0 unspecified atom stereocenters. The van der Waals surface area contributed by atoms with Crippen LogP contribution in [-0.4, -0.2) is 17.4 Å². The van der Waals surface area contributed by atoms with Gasteiger partial charge in [-0.25, -0.2) is 0 Å². The van der Waals surface area contributed by atoms with Crippen LogP contribution in [0.5, 0.6) is 5.75 Å². The van der Waals surface area contributed by atoms with E-state index >= 15 is 0 Å². The summed E-state index contributed by atoms with van der Waals surface area (Å²) in [5.74, 6) is 0.0311. The molecule has 1 aromatic carbocycles. The fourth-order valence-electron chi connectivity index (χ4n) is 0.765. The van der Waals surface area contributed by atoms with Gasteiger partial charge in [-0.3, -0.25) is 4.79 Å². The van der Waals surface area contributed by atoms with Gasteiger partial charge in [0.1, 0.15) is 5.75 Å². The van der Waals surface area contributed by atoms with E-state index in [1.807, 2.05) is 0 Å². The molecule has 0 aliphatic rings. The van der Waals surface area contributed by atoms with E-state index in [0.29, 0.717) is 5.56 Å². The predicted octanol–water partition coefficient (Wildman–Crippen LogP) is 0.534. The summed E-state index contributed by atoms with van der Waals surface area (Å²) in [6.45, 7) is 0.00474. The van der Waals surface area contributed by atoms with Gasteiger partial charge in [-0.2, -0.15) is 0 Å². The predicted molar refractivity (Wildman–Crippen MR) is 41.5 cm³/mol. The molecule has 58 valence electrons. The zero-order valence-corrected chi connectivity index (χ0v) is 5.95. The van der Waals surface area contributed by atoms with Crippen molar-refractivity contribution in [3.63, 3.8) is 0 Å². The van der Waals surface area contributed by atoms with Gasteiger partial charge in [0.15, 0.2) is 5.78 Å². The minimum atomic E-state index is -0.120. The fraction of sp³-hybridized carbons (Fsp3) is 0.125. The van der Waals surface area contributed by atoms with Crippen molar-refractivity contribution in [3.8, 4) is 5.75 Å². The number of carbonyl (C=O) groups is 1. The van der Waals surface area contributed by atoms with Crippen LogP contribution in [0.25, 0.3) is 0 Å². The number of hydrogen-bond acceptors (Lipinski definition) is 3. The summed E-state index contributed by atoms with van der Waals surface area (Å²) in [7, 11) is 0. The topological polar surface area (TPSA) is 63.3 Å². The van der Waals surface area contributed by atoms with Crippen LogP contribution in [0.4, 0.5) is 0 Å². The van der Waals surface area contributed by atoms with Crippen molar-refractivity contribution in [2.24, 2.45) is 5.73 Å². The van der Waals surface area contributed by atoms with Crippen molar-refractivity contribution >= 4 is 5.78 Å². The second-order valence-electron chi connectivity index (χ2n) is 2.17. The number of phenolic OH excluding ortho intramolecular Hbond substituents is 1. The van der Waals surface area contributed by atoms with Gasteiger partial charge in [0.2, 0.25) is 0 Å². The highest BCUT2D eigenvalue weighted by molar-refractivity contribution is 5.97. The van der Waals surface area contributed by atoms with Gasteiger partial charge in [-0.1, -0.05) is 0 Å². The normalized spacial score (nSPS) is 9.55. The zero-order chi connectivity index (χ0) is 8.27. The van der Waals surface area contributed by atoms with Gasteiger partial charge in [-0.05, 0) is 24.3 Å². The Hall–Kier alpha value is -1.35. The molecular weight excluding hydrogens is 142 g/mol. The quantitative estimate of drug-likeness (QED) is 0.606. The number of benzene rings is 1. The van der Waals surface area contributed by atoms with Gasteiger partial charge < -0.3 is 10.8 Å². The average molecular weight is 151 g/mol. The molecule has 0 saturated heterocycles. The summed E-state index contributed by atoms with van der Waals surface area (Å²) < 4.78 is 0. The lowest BCUT2D eigenvalue weighted by molar-refractivity contribution is 0.100. The molecule has 11 heavy (non-hydrogen) atoms. The number of aromatic hydroxyl groups is 1. The lowest BCUT2D eigenvalue weighted by Crippen LogP contribution is -2.13. The summed E-state index contributed by atoms with van der Waals surface area (Å²) in [4.78, 5) is 10.9. The minimum absolute atomic E-state index is 0.00474. The van der Waals surface area contributed by atoms with Gasteiger partial charge in [0.05, 0.1) is 6.54 Å². The Kier molecular flexibility index (Phi) is 2.23. The van der Waals surface area contributed by atoms with Crippen molar-refractivity contribution in [2.75, 3.05) is 6.54 Å². The molecule has 0 heterocycles. The smallest absolute Gasteiger partial charge is 0.176 e. The van der Waals surface area contributed by atoms with E-state index in [9.17, 15) is 4.79 Å². The fourth-order valence-corrected chi connectivity index (χ4v) is 0.765. The van der Waals surface area contributed by atoms with Crippen LogP contribution in [0.1, 0.15) is 10.4 Å². The van der Waals surface area contributed by atoms with Crippen molar-refractivity contribution in [1.29, 1.82) is 0 Å². The van der Waals surface area contributed by atoms with Crippen molar-refractivity contribution in [1.82, 2.24) is 0 Å². The molecule has 3 heteroatoms. The third-order valence-corrected chi connectivity index (χ3v) is 1.37. The maximum atomic E-state index is 10.9. The maximum Gasteiger partial charge on any atom is 0.176 e. The Morgan fingerprint density at radius 3 is 2.36 bits per heavy atom. The number of carbonyl (C=O) groups excluding carboxylic acids is 1. The van der Waals surface area contributed by atoms with Crippen LogP contribution >= 0.6 is 0 Å². The second-order valence-corrected chi connectivity index (χ2v) is 2.17. The van der Waals surface area contributed by atoms with Crippen LogP contribution in [-0.2, 0) is 0 Å². The Balaban J connectivity index is 2.90. The molecule has 0 radical (unpaired) electrons. The average Bonchev–Trinajstić information content (AvgIpc) is 2.05. The highest BCUT2D eigenvalue weighted by atomic mass is 16.3. The van der Waals surface area contributed by atoms with Gasteiger partial charge in [0.25, 0.3) is 0 Å². The number of nitrogens with two attached hydrogens (primary N) is 1. The third kappa shape index (κ3) is 1.78. The Morgan fingerprint density at radius 1 is 1.36 bits per heavy atom. The highest BCUT2D eigenvalue weighted by Gasteiger charge is 2.00. The maximum absolute atomic E-state index is 10.9. The van der Waals surface area contributed by atoms with Gasteiger partial charge >= 0.3 is 0 Å². The number of ketones is 1. The van der Waals surface area contributed by atoms with Crippen LogP contribution in [0.15, 0.2) is 24.3 Å². The van der Waals surface area contributed by atoms with Gasteiger partial charge in [-0.15, -0.1) is 0 Å². The summed E-state index contributed by atoms with van der Waals surface area (Å²) >= 11 is 0. The van der Waals surface area contributed by atoms with Crippen LogP contribution in [0.2, 0.25) is 0 Å². The van der Waals surface area contributed by atoms with Crippen LogP contribution in [0.3, 0.4) is 0 Å². The van der Waals surface area contributed by atoms with Crippen LogP contribution in [0, 0.1) is 0 Å². The van der Waals surface area contributed by atoms with Crippen molar-refractivity contribution < 1.29 is 9.90 Å². The number of rotatable bonds is 2. The molecule has 0 atom stereocenters. The zero-order valence-electron chi connectivity index (χ0n) is 5.95. The van der Waals surface area contributed by atoms with E-state index in [2.05, 4.69) is 0 Å². The van der Waals surface area contributed by atoms with Gasteiger partial charge in [0, 0.05) is 5.56 Å². The van der Waals surface area contributed by atoms with Crippen LogP contribution < -0.4 is 5.73 Å². The lowest BCUT2D eigenvalue weighted by Gasteiger charge is -1.96. The molecule has 0 spiro atoms. The highest BCUT2D eigenvalue weighted by Crippen LogP contribution is 2.09. The first-order valence-electron chi connectivity index (χ1n) is 3.26. The molecule has 0 aliphatic heterocycles. The molecule has 3 N–H and O–H groups in total. The molecule has 0 saturated carbocycles. The first-order valence-corrected chi connectivity index (χ1v) is 3.26. The van der Waals surface area contributed by atoms with E-state index < -0.39 is 0 Å².